The molecule has 0 fully saturated rings. The van der Waals surface area contributed by atoms with Gasteiger partial charge in [0.15, 0.2) is 0 Å². The van der Waals surface area contributed by atoms with Crippen molar-refractivity contribution in [1.82, 2.24) is 19.7 Å². The monoisotopic (exact) mass is 800 g/mol. The van der Waals surface area contributed by atoms with Crippen LogP contribution in [0.3, 0.4) is 0 Å². The fourth-order valence-corrected chi connectivity index (χ4v) is 8.59. The minimum atomic E-state index is -0.586. The van der Waals surface area contributed by atoms with Gasteiger partial charge in [0.2, 0.25) is 12.3 Å². The zero-order chi connectivity index (χ0) is 39.8. The van der Waals surface area contributed by atoms with Gasteiger partial charge in [-0.15, -0.1) is 28.2 Å². The Bertz CT molecular complexity index is 2250. The SMILES string of the molecule is C=Cc1cc(-c2nc3c(c4sccc24)-c2c(F)cc(F)cc2C3)c(OC/C=C/COCCOc2cc3n(n2)CCN(C(C)/C=C\SC)C3C)cc1NC.NC=O. The van der Waals surface area contributed by atoms with E-state index in [1.807, 2.05) is 53.5 Å². The third-order valence-corrected chi connectivity index (χ3v) is 11.2. The second-order valence-electron chi connectivity index (χ2n) is 13.1. The highest BCUT2D eigenvalue weighted by Crippen LogP contribution is 2.48. The minimum Gasteiger partial charge on any atom is -0.489 e. The summed E-state index contributed by atoms with van der Waals surface area (Å²) in [5.74, 6) is 0.108. The zero-order valence-electron chi connectivity index (χ0n) is 31.9. The summed E-state index contributed by atoms with van der Waals surface area (Å²) >= 11 is 3.24. The summed E-state index contributed by atoms with van der Waals surface area (Å²) in [6.45, 7) is 11.8. The first-order valence-corrected chi connectivity index (χ1v) is 20.4. The highest BCUT2D eigenvalue weighted by Gasteiger charge is 2.30. The first kappa shape index (κ1) is 40.6. The van der Waals surface area contributed by atoms with E-state index in [9.17, 15) is 4.39 Å². The van der Waals surface area contributed by atoms with E-state index in [4.69, 9.17) is 24.0 Å². The van der Waals surface area contributed by atoms with Crippen LogP contribution in [0.1, 0.15) is 42.4 Å². The van der Waals surface area contributed by atoms with E-state index >= 15 is 4.39 Å². The number of nitrogens with one attached hydrogen (secondary N) is 1. The van der Waals surface area contributed by atoms with Crippen molar-refractivity contribution in [2.24, 2.45) is 5.73 Å². The summed E-state index contributed by atoms with van der Waals surface area (Å²) in [5, 5.41) is 12.9. The van der Waals surface area contributed by atoms with Crippen molar-refractivity contribution in [3.63, 3.8) is 0 Å². The number of hydrogen-bond donors (Lipinski definition) is 2. The van der Waals surface area contributed by atoms with Crippen molar-refractivity contribution in [2.75, 3.05) is 51.6 Å². The van der Waals surface area contributed by atoms with Crippen LogP contribution in [-0.2, 0) is 22.5 Å². The highest BCUT2D eigenvalue weighted by molar-refractivity contribution is 8.01. The third-order valence-electron chi connectivity index (χ3n) is 9.82. The minimum absolute atomic E-state index is 0.247. The molecule has 3 aromatic heterocycles. The molecule has 5 aromatic rings. The van der Waals surface area contributed by atoms with Crippen molar-refractivity contribution in [3.05, 3.63) is 106 Å². The number of thioether (sulfide) groups is 1. The lowest BCUT2D eigenvalue weighted by Gasteiger charge is -2.37. The van der Waals surface area contributed by atoms with E-state index < -0.39 is 11.6 Å². The van der Waals surface area contributed by atoms with Gasteiger partial charge in [-0.05, 0) is 66.3 Å². The van der Waals surface area contributed by atoms with Crippen LogP contribution >= 0.6 is 23.1 Å². The number of thiophene rings is 1. The molecule has 3 N–H and O–H groups in total. The van der Waals surface area contributed by atoms with Gasteiger partial charge >= 0.3 is 0 Å². The number of carbonyl (C=O) groups is 1. The van der Waals surface area contributed by atoms with Gasteiger partial charge in [0, 0.05) is 82.8 Å². The van der Waals surface area contributed by atoms with Crippen molar-refractivity contribution in [1.29, 1.82) is 0 Å². The Balaban J connectivity index is 0.00000172. The summed E-state index contributed by atoms with van der Waals surface area (Å²) in [6, 6.07) is 10.9. The number of aromatic nitrogens is 3. The number of nitrogens with zero attached hydrogens (tertiary/aromatic N) is 4. The molecule has 1 aliphatic carbocycles. The predicted molar refractivity (Wildman–Crippen MR) is 224 cm³/mol. The summed E-state index contributed by atoms with van der Waals surface area (Å²) in [6.07, 6.45) is 10.5. The molecule has 1 amide bonds. The van der Waals surface area contributed by atoms with Crippen LogP contribution in [0.15, 0.2) is 72.0 Å². The van der Waals surface area contributed by atoms with Crippen molar-refractivity contribution in [3.8, 4) is 34.0 Å². The van der Waals surface area contributed by atoms with E-state index in [-0.39, 0.29) is 12.5 Å². The smallest absolute Gasteiger partial charge is 0.233 e. The Kier molecular flexibility index (Phi) is 13.6. The number of pyridine rings is 1. The Morgan fingerprint density at radius 2 is 1.93 bits per heavy atom. The standard InChI is InChI=1S/C41H43F2N5O3S2.CH3NO/c1-6-27-20-31(40-30-10-18-53-41(30)39-34(45-40)21-28-19-29(42)22-32(43)38(28)39)36(23-33(27)44-4)50-14-8-7-13-49-15-16-51-37-24-35-26(3)47(11-12-48(35)46-37)25(2)9-17-52-5;2-1-3/h6-10,17-20,22-26,44H,1,11-16,21H2,2-5H3;1H,(H2,2,3)/b8-7+,17-9-;. The second kappa shape index (κ2) is 18.7. The zero-order valence-corrected chi connectivity index (χ0v) is 33.5. The van der Waals surface area contributed by atoms with E-state index in [1.54, 1.807) is 17.8 Å². The maximum Gasteiger partial charge on any atom is 0.233 e. The van der Waals surface area contributed by atoms with Gasteiger partial charge in [0.05, 0.1) is 36.8 Å². The molecule has 7 rings (SSSR count). The number of amides is 1. The van der Waals surface area contributed by atoms with Gasteiger partial charge in [-0.3, -0.25) is 19.4 Å². The number of rotatable bonds is 15. The van der Waals surface area contributed by atoms with Gasteiger partial charge in [-0.2, -0.15) is 0 Å². The highest BCUT2D eigenvalue weighted by atomic mass is 32.2. The van der Waals surface area contributed by atoms with Gasteiger partial charge < -0.3 is 25.3 Å². The average molecular weight is 801 g/mol. The Labute approximate surface area is 334 Å². The lowest BCUT2D eigenvalue weighted by Crippen LogP contribution is -2.41. The molecule has 0 bridgehead atoms. The first-order valence-electron chi connectivity index (χ1n) is 18.3. The molecule has 1 aliphatic heterocycles. The van der Waals surface area contributed by atoms with Crippen LogP contribution in [0.2, 0.25) is 0 Å². The van der Waals surface area contributed by atoms with E-state index in [1.165, 1.54) is 17.4 Å². The van der Waals surface area contributed by atoms with Crippen LogP contribution < -0.4 is 20.5 Å². The topological polar surface area (TPSA) is 117 Å². The average Bonchev–Trinajstić information content (AvgIpc) is 3.93. The molecule has 0 radical (unpaired) electrons. The van der Waals surface area contributed by atoms with E-state index in [0.717, 1.165) is 68.7 Å². The number of hydrogen-bond acceptors (Lipinski definition) is 10. The maximum atomic E-state index is 15.1. The Morgan fingerprint density at radius 3 is 2.70 bits per heavy atom. The fourth-order valence-electron chi connectivity index (χ4n) is 7.23. The normalized spacial score (nSPS) is 15.3. The number of nitrogens with two attached hydrogens (primary N) is 1. The summed E-state index contributed by atoms with van der Waals surface area (Å²) in [7, 11) is 1.85. The number of ether oxygens (including phenoxy) is 3. The van der Waals surface area contributed by atoms with E-state index in [2.05, 4.69) is 59.2 Å². The maximum absolute atomic E-state index is 15.1. The van der Waals surface area contributed by atoms with Crippen LogP contribution in [0.4, 0.5) is 14.5 Å². The Morgan fingerprint density at radius 1 is 1.12 bits per heavy atom. The van der Waals surface area contributed by atoms with Gasteiger partial charge in [-0.25, -0.2) is 8.78 Å². The molecule has 294 valence electrons. The van der Waals surface area contributed by atoms with Gasteiger partial charge in [-0.1, -0.05) is 24.8 Å². The molecule has 10 nitrogen and oxygen atoms in total. The molecule has 2 aromatic carbocycles. The lowest BCUT2D eigenvalue weighted by atomic mass is 9.99. The number of carbonyl (C=O) groups excluding carboxylic acids is 1. The van der Waals surface area contributed by atoms with Crippen LogP contribution in [0.5, 0.6) is 11.6 Å². The van der Waals surface area contributed by atoms with E-state index in [0.29, 0.717) is 61.6 Å². The van der Waals surface area contributed by atoms with Crippen molar-refractivity contribution >= 4 is 51.4 Å². The number of anilines is 1. The quantitative estimate of drug-likeness (QED) is 0.0600. The molecule has 2 aliphatic rings. The molecule has 0 saturated carbocycles. The lowest BCUT2D eigenvalue weighted by molar-refractivity contribution is -0.106. The van der Waals surface area contributed by atoms with Crippen LogP contribution in [0.25, 0.3) is 38.5 Å². The van der Waals surface area contributed by atoms with Crippen molar-refractivity contribution < 1.29 is 27.8 Å². The number of halogens is 2. The molecule has 0 spiro atoms. The molecule has 0 saturated heterocycles. The molecule has 2 atom stereocenters. The number of primary amides is 1. The number of benzene rings is 2. The molecule has 4 heterocycles. The first-order chi connectivity index (χ1) is 27.2. The molecule has 14 heteroatoms. The summed E-state index contributed by atoms with van der Waals surface area (Å²) < 4.78 is 50.3. The molecule has 2 unspecified atom stereocenters. The summed E-state index contributed by atoms with van der Waals surface area (Å²) in [4.78, 5) is 16.1. The molecule has 56 heavy (non-hydrogen) atoms. The van der Waals surface area contributed by atoms with Gasteiger partial charge in [0.25, 0.3) is 0 Å². The molecular weight excluding hydrogens is 755 g/mol. The fraction of sp³-hybridized carbons (Fsp3) is 0.310. The summed E-state index contributed by atoms with van der Waals surface area (Å²) in [5.41, 5.74) is 11.1. The van der Waals surface area contributed by atoms with Gasteiger partial charge in [0.1, 0.15) is 30.6 Å². The van der Waals surface area contributed by atoms with Crippen LogP contribution in [-0.4, -0.2) is 78.4 Å². The third kappa shape index (κ3) is 8.68. The Hall–Kier alpha value is -5.02. The largest absolute Gasteiger partial charge is 0.489 e. The van der Waals surface area contributed by atoms with Crippen molar-refractivity contribution in [2.45, 2.75) is 38.9 Å². The molecular formula is C42H46F2N6O4S2. The second-order valence-corrected chi connectivity index (χ2v) is 14.8. The number of fused-ring (bicyclic) bond motifs is 6. The van der Waals surface area contributed by atoms with Crippen LogP contribution in [0, 0.1) is 11.6 Å². The predicted octanol–water partition coefficient (Wildman–Crippen LogP) is 8.47.